The highest BCUT2D eigenvalue weighted by Crippen LogP contribution is 2.24. The summed E-state index contributed by atoms with van der Waals surface area (Å²) in [7, 11) is 0. The van der Waals surface area contributed by atoms with E-state index in [0.29, 0.717) is 12.4 Å². The minimum absolute atomic E-state index is 0.153. The first kappa shape index (κ1) is 18.6. The molecule has 0 aliphatic heterocycles. The van der Waals surface area contributed by atoms with E-state index in [0.717, 1.165) is 27.9 Å². The van der Waals surface area contributed by atoms with Crippen molar-refractivity contribution in [3.05, 3.63) is 101 Å². The lowest BCUT2D eigenvalue weighted by molar-refractivity contribution is 0.0940. The number of carbonyl (C=O) groups is 1. The van der Waals surface area contributed by atoms with Crippen LogP contribution in [0.2, 0.25) is 0 Å². The van der Waals surface area contributed by atoms with Crippen molar-refractivity contribution < 1.29 is 4.79 Å². The zero-order valence-corrected chi connectivity index (χ0v) is 16.5. The molecule has 1 N–H and O–H groups in total. The molecule has 0 saturated carbocycles. The van der Waals surface area contributed by atoms with Crippen LogP contribution in [0.5, 0.6) is 0 Å². The number of aromatic nitrogens is 3. The fraction of sp³-hybridized carbons (Fsp3) is 0.125. The summed E-state index contributed by atoms with van der Waals surface area (Å²) in [6.45, 7) is 4.54. The fourth-order valence-electron chi connectivity index (χ4n) is 3.17. The summed E-state index contributed by atoms with van der Waals surface area (Å²) in [5, 5.41) is 7.47. The lowest BCUT2D eigenvalue weighted by atomic mass is 10.1. The van der Waals surface area contributed by atoms with Crippen LogP contribution in [0.25, 0.3) is 17.1 Å². The summed E-state index contributed by atoms with van der Waals surface area (Å²) in [5.41, 5.74) is 5.11. The van der Waals surface area contributed by atoms with Gasteiger partial charge < -0.3 is 5.32 Å². The molecule has 0 atom stereocenters. The van der Waals surface area contributed by atoms with Crippen LogP contribution >= 0.6 is 0 Å². The fourth-order valence-corrected chi connectivity index (χ4v) is 3.17. The number of benzene rings is 3. The quantitative estimate of drug-likeness (QED) is 0.554. The van der Waals surface area contributed by atoms with Crippen LogP contribution < -0.4 is 5.32 Å². The van der Waals surface area contributed by atoms with Crippen LogP contribution in [0.15, 0.2) is 78.9 Å². The Morgan fingerprint density at radius 1 is 0.897 bits per heavy atom. The highest BCUT2D eigenvalue weighted by molar-refractivity contribution is 5.91. The summed E-state index contributed by atoms with van der Waals surface area (Å²) < 4.78 is 1.76. The van der Waals surface area contributed by atoms with Gasteiger partial charge in [-0.15, -0.1) is 5.10 Å². The van der Waals surface area contributed by atoms with Crippen molar-refractivity contribution in [2.45, 2.75) is 20.4 Å². The molecule has 0 unspecified atom stereocenters. The number of amides is 1. The second kappa shape index (κ2) is 8.10. The van der Waals surface area contributed by atoms with E-state index >= 15 is 0 Å². The summed E-state index contributed by atoms with van der Waals surface area (Å²) >= 11 is 0. The summed E-state index contributed by atoms with van der Waals surface area (Å²) in [6.07, 6.45) is 0. The SMILES string of the molecule is Cc1cccc(-n2nc(C(=O)NCc3ccccc3)nc2-c2ccccc2)c1C. The number of nitrogens with zero attached hydrogens (tertiary/aromatic N) is 3. The predicted molar refractivity (Wildman–Crippen MR) is 114 cm³/mol. The average molecular weight is 382 g/mol. The maximum Gasteiger partial charge on any atom is 0.291 e. The molecule has 0 saturated heterocycles. The van der Waals surface area contributed by atoms with Gasteiger partial charge >= 0.3 is 0 Å². The largest absolute Gasteiger partial charge is 0.345 e. The second-order valence-corrected chi connectivity index (χ2v) is 6.92. The molecule has 5 heteroatoms. The minimum atomic E-state index is -0.296. The maximum absolute atomic E-state index is 12.7. The highest BCUT2D eigenvalue weighted by Gasteiger charge is 2.19. The Hall–Kier alpha value is -3.73. The number of carbonyl (C=O) groups excluding carboxylic acids is 1. The Morgan fingerprint density at radius 3 is 2.31 bits per heavy atom. The predicted octanol–water partition coefficient (Wildman–Crippen LogP) is 4.48. The molecule has 5 nitrogen and oxygen atoms in total. The Bertz CT molecular complexity index is 1130. The lowest BCUT2D eigenvalue weighted by Crippen LogP contribution is -2.24. The highest BCUT2D eigenvalue weighted by atomic mass is 16.2. The van der Waals surface area contributed by atoms with Crippen molar-refractivity contribution in [2.75, 3.05) is 0 Å². The summed E-state index contributed by atoms with van der Waals surface area (Å²) in [5.74, 6) is 0.500. The molecule has 29 heavy (non-hydrogen) atoms. The molecule has 4 aromatic rings. The van der Waals surface area contributed by atoms with Gasteiger partial charge in [-0.2, -0.15) is 0 Å². The van der Waals surface area contributed by atoms with Crippen molar-refractivity contribution in [3.63, 3.8) is 0 Å². The lowest BCUT2D eigenvalue weighted by Gasteiger charge is -2.10. The van der Waals surface area contributed by atoms with E-state index in [9.17, 15) is 4.79 Å². The van der Waals surface area contributed by atoms with E-state index in [-0.39, 0.29) is 11.7 Å². The van der Waals surface area contributed by atoms with E-state index in [1.54, 1.807) is 4.68 Å². The Morgan fingerprint density at radius 2 is 1.59 bits per heavy atom. The van der Waals surface area contributed by atoms with E-state index in [1.807, 2.05) is 72.8 Å². The van der Waals surface area contributed by atoms with Gasteiger partial charge in [0, 0.05) is 12.1 Å². The standard InChI is InChI=1S/C24H22N4O/c1-17-10-9-15-21(18(17)2)28-23(20-13-7-4-8-14-20)26-22(27-28)24(29)25-16-19-11-5-3-6-12-19/h3-15H,16H2,1-2H3,(H,25,29). The van der Waals surface area contributed by atoms with Crippen LogP contribution in [0.1, 0.15) is 27.3 Å². The van der Waals surface area contributed by atoms with Crippen molar-refractivity contribution in [3.8, 4) is 17.1 Å². The number of hydrogen-bond donors (Lipinski definition) is 1. The molecular weight excluding hydrogens is 360 g/mol. The molecule has 1 amide bonds. The number of hydrogen-bond acceptors (Lipinski definition) is 3. The van der Waals surface area contributed by atoms with Crippen LogP contribution in [-0.2, 0) is 6.54 Å². The van der Waals surface area contributed by atoms with Gasteiger partial charge in [-0.1, -0.05) is 72.8 Å². The third-order valence-electron chi connectivity index (χ3n) is 4.94. The van der Waals surface area contributed by atoms with Gasteiger partial charge in [-0.05, 0) is 36.6 Å². The van der Waals surface area contributed by atoms with Gasteiger partial charge in [0.1, 0.15) is 0 Å². The van der Waals surface area contributed by atoms with Crippen molar-refractivity contribution in [1.29, 1.82) is 0 Å². The zero-order valence-electron chi connectivity index (χ0n) is 16.5. The first-order chi connectivity index (χ1) is 14.1. The van der Waals surface area contributed by atoms with Crippen LogP contribution in [0.4, 0.5) is 0 Å². The van der Waals surface area contributed by atoms with Crippen molar-refractivity contribution >= 4 is 5.91 Å². The Labute approximate surface area is 170 Å². The van der Waals surface area contributed by atoms with Gasteiger partial charge in [0.25, 0.3) is 5.91 Å². The molecular formula is C24H22N4O. The zero-order chi connectivity index (χ0) is 20.2. The number of aryl methyl sites for hydroxylation is 1. The van der Waals surface area contributed by atoms with Crippen molar-refractivity contribution in [2.24, 2.45) is 0 Å². The molecule has 144 valence electrons. The molecule has 0 aliphatic rings. The molecule has 1 heterocycles. The molecule has 0 bridgehead atoms. The van der Waals surface area contributed by atoms with Gasteiger partial charge in [-0.3, -0.25) is 4.79 Å². The van der Waals surface area contributed by atoms with E-state index in [2.05, 4.69) is 35.3 Å². The average Bonchev–Trinajstić information content (AvgIpc) is 3.21. The summed E-state index contributed by atoms with van der Waals surface area (Å²) in [4.78, 5) is 17.3. The normalized spacial score (nSPS) is 10.7. The van der Waals surface area contributed by atoms with E-state index in [4.69, 9.17) is 0 Å². The molecule has 0 aliphatic carbocycles. The Kier molecular flexibility index (Phi) is 5.20. The van der Waals surface area contributed by atoms with Crippen LogP contribution in [0, 0.1) is 13.8 Å². The topological polar surface area (TPSA) is 59.8 Å². The van der Waals surface area contributed by atoms with Gasteiger partial charge in [-0.25, -0.2) is 9.67 Å². The first-order valence-electron chi connectivity index (χ1n) is 9.54. The smallest absolute Gasteiger partial charge is 0.291 e. The van der Waals surface area contributed by atoms with Gasteiger partial charge in [0.05, 0.1) is 5.69 Å². The molecule has 1 aromatic heterocycles. The molecule has 0 spiro atoms. The van der Waals surface area contributed by atoms with Crippen molar-refractivity contribution in [1.82, 2.24) is 20.1 Å². The minimum Gasteiger partial charge on any atom is -0.345 e. The molecule has 3 aromatic carbocycles. The summed E-state index contributed by atoms with van der Waals surface area (Å²) in [6, 6.07) is 25.6. The molecule has 0 radical (unpaired) electrons. The molecule has 0 fully saturated rings. The van der Waals surface area contributed by atoms with Gasteiger partial charge in [0.15, 0.2) is 5.82 Å². The first-order valence-corrected chi connectivity index (χ1v) is 9.54. The maximum atomic E-state index is 12.7. The monoisotopic (exact) mass is 382 g/mol. The van der Waals surface area contributed by atoms with E-state index in [1.165, 1.54) is 0 Å². The number of nitrogens with one attached hydrogen (secondary N) is 1. The van der Waals surface area contributed by atoms with Crippen LogP contribution in [0.3, 0.4) is 0 Å². The van der Waals surface area contributed by atoms with Gasteiger partial charge in [0.2, 0.25) is 5.82 Å². The van der Waals surface area contributed by atoms with Crippen LogP contribution in [-0.4, -0.2) is 20.7 Å². The Balaban J connectivity index is 1.72. The van der Waals surface area contributed by atoms with E-state index < -0.39 is 0 Å². The molecule has 4 rings (SSSR count). The third-order valence-corrected chi connectivity index (χ3v) is 4.94. The number of rotatable bonds is 5. The second-order valence-electron chi connectivity index (χ2n) is 6.92. The third kappa shape index (κ3) is 3.94.